The maximum Gasteiger partial charge on any atom is 0.234 e. The summed E-state index contributed by atoms with van der Waals surface area (Å²) in [6.45, 7) is 2.09. The zero-order chi connectivity index (χ0) is 20.2. The van der Waals surface area contributed by atoms with Crippen LogP contribution in [-0.4, -0.2) is 21.6 Å². The van der Waals surface area contributed by atoms with E-state index in [9.17, 15) is 9.18 Å². The van der Waals surface area contributed by atoms with Crippen molar-refractivity contribution < 1.29 is 9.18 Å². The van der Waals surface area contributed by atoms with E-state index in [0.717, 1.165) is 38.5 Å². The van der Waals surface area contributed by atoms with Gasteiger partial charge in [-0.05, 0) is 41.8 Å². The highest BCUT2D eigenvalue weighted by molar-refractivity contribution is 8.00. The van der Waals surface area contributed by atoms with Gasteiger partial charge in [0.25, 0.3) is 0 Å². The summed E-state index contributed by atoms with van der Waals surface area (Å²) in [7, 11) is 0. The first kappa shape index (κ1) is 19.5. The third-order valence-corrected chi connectivity index (χ3v) is 6.35. The van der Waals surface area contributed by atoms with Crippen LogP contribution in [0.5, 0.6) is 0 Å². The highest BCUT2D eigenvalue weighted by atomic mass is 32.2. The molecule has 0 spiro atoms. The third kappa shape index (κ3) is 4.46. The van der Waals surface area contributed by atoms with Crippen LogP contribution in [0.3, 0.4) is 0 Å². The molecular weight excluding hydrogens is 405 g/mol. The predicted octanol–water partition coefficient (Wildman–Crippen LogP) is 5.79. The fourth-order valence-corrected chi connectivity index (χ4v) is 4.75. The molecule has 2 heterocycles. The normalized spacial score (nSPS) is 11.0. The number of thioether (sulfide) groups is 1. The number of halogens is 1. The molecular formula is C22H18FN3OS2. The molecule has 0 unspecified atom stereocenters. The monoisotopic (exact) mass is 423 g/mol. The van der Waals surface area contributed by atoms with Crippen molar-refractivity contribution in [3.05, 3.63) is 71.6 Å². The molecule has 0 aliphatic carbocycles. The van der Waals surface area contributed by atoms with E-state index in [1.165, 1.54) is 47.1 Å². The molecule has 0 fully saturated rings. The zero-order valence-electron chi connectivity index (χ0n) is 15.7. The number of aromatic nitrogens is 2. The molecule has 0 atom stereocenters. The van der Waals surface area contributed by atoms with Gasteiger partial charge in [-0.25, -0.2) is 14.4 Å². The highest BCUT2D eigenvalue weighted by Crippen LogP contribution is 2.37. The molecule has 1 amide bonds. The van der Waals surface area contributed by atoms with Crippen LogP contribution in [0.1, 0.15) is 12.5 Å². The first-order chi connectivity index (χ1) is 14.1. The number of nitrogens with zero attached hydrogens (tertiary/aromatic N) is 2. The Bertz CT molecular complexity index is 1140. The van der Waals surface area contributed by atoms with Crippen molar-refractivity contribution in [2.24, 2.45) is 0 Å². The number of benzene rings is 2. The van der Waals surface area contributed by atoms with E-state index in [1.807, 2.05) is 29.6 Å². The summed E-state index contributed by atoms with van der Waals surface area (Å²) >= 11 is 2.88. The quantitative estimate of drug-likeness (QED) is 0.315. The van der Waals surface area contributed by atoms with E-state index in [4.69, 9.17) is 0 Å². The van der Waals surface area contributed by atoms with Gasteiger partial charge in [-0.15, -0.1) is 11.3 Å². The Balaban J connectivity index is 1.52. The second-order valence-corrected chi connectivity index (χ2v) is 8.22. The zero-order valence-corrected chi connectivity index (χ0v) is 17.3. The summed E-state index contributed by atoms with van der Waals surface area (Å²) < 4.78 is 13.3. The highest BCUT2D eigenvalue weighted by Gasteiger charge is 2.15. The average molecular weight is 424 g/mol. The second-order valence-electron chi connectivity index (χ2n) is 6.40. The third-order valence-electron chi connectivity index (χ3n) is 4.48. The van der Waals surface area contributed by atoms with Crippen molar-refractivity contribution in [2.75, 3.05) is 11.1 Å². The first-order valence-electron chi connectivity index (χ1n) is 9.13. The van der Waals surface area contributed by atoms with Gasteiger partial charge in [0.05, 0.1) is 11.1 Å². The number of carbonyl (C=O) groups excluding carboxylic acids is 1. The predicted molar refractivity (Wildman–Crippen MR) is 118 cm³/mol. The van der Waals surface area contributed by atoms with Crippen molar-refractivity contribution in [2.45, 2.75) is 18.4 Å². The Morgan fingerprint density at radius 1 is 1.10 bits per heavy atom. The molecule has 7 heteroatoms. The molecule has 0 bridgehead atoms. The number of amides is 1. The maximum absolute atomic E-state index is 13.3. The van der Waals surface area contributed by atoms with Gasteiger partial charge >= 0.3 is 0 Å². The first-order valence-corrected chi connectivity index (χ1v) is 11.0. The summed E-state index contributed by atoms with van der Waals surface area (Å²) in [5.74, 6) is -0.132. The number of fused-ring (bicyclic) bond motifs is 1. The lowest BCUT2D eigenvalue weighted by molar-refractivity contribution is -0.113. The van der Waals surface area contributed by atoms with E-state index in [-0.39, 0.29) is 17.5 Å². The standard InChI is InChI=1S/C22H18FN3OS2/c1-2-14-3-9-17(10-4-14)26-19(27)12-29-22-20-18(11-28-21(20)24-13-25-22)15-5-7-16(23)8-6-15/h3-11,13H,2,12H2,1H3,(H,26,27). The van der Waals surface area contributed by atoms with Crippen LogP contribution in [0.15, 0.2) is 65.3 Å². The fraction of sp³-hybridized carbons (Fsp3) is 0.136. The fourth-order valence-electron chi connectivity index (χ4n) is 2.95. The lowest BCUT2D eigenvalue weighted by atomic mass is 10.1. The Morgan fingerprint density at radius 3 is 2.59 bits per heavy atom. The van der Waals surface area contributed by atoms with Gasteiger partial charge in [0.1, 0.15) is 22.0 Å². The van der Waals surface area contributed by atoms with Crippen molar-refractivity contribution in [3.8, 4) is 11.1 Å². The minimum atomic E-state index is -0.275. The lowest BCUT2D eigenvalue weighted by Gasteiger charge is -2.07. The second kappa shape index (κ2) is 8.71. The van der Waals surface area contributed by atoms with Crippen molar-refractivity contribution in [3.63, 3.8) is 0 Å². The van der Waals surface area contributed by atoms with Crippen molar-refractivity contribution in [1.29, 1.82) is 0 Å². The van der Waals surface area contributed by atoms with Gasteiger partial charge in [-0.2, -0.15) is 0 Å². The summed E-state index contributed by atoms with van der Waals surface area (Å²) in [5, 5.41) is 6.55. The molecule has 29 heavy (non-hydrogen) atoms. The van der Waals surface area contributed by atoms with Gasteiger partial charge in [0.15, 0.2) is 0 Å². The summed E-state index contributed by atoms with van der Waals surface area (Å²) in [5.41, 5.74) is 3.85. The summed E-state index contributed by atoms with van der Waals surface area (Å²) in [6, 6.07) is 14.2. The van der Waals surface area contributed by atoms with Crippen LogP contribution in [0.2, 0.25) is 0 Å². The topological polar surface area (TPSA) is 54.9 Å². The smallest absolute Gasteiger partial charge is 0.234 e. The summed E-state index contributed by atoms with van der Waals surface area (Å²) in [6.07, 6.45) is 2.47. The van der Waals surface area contributed by atoms with Crippen molar-refractivity contribution in [1.82, 2.24) is 9.97 Å². The average Bonchev–Trinajstić information content (AvgIpc) is 3.18. The Labute approximate surface area is 176 Å². The number of anilines is 1. The van der Waals surface area contributed by atoms with Crippen LogP contribution in [0.4, 0.5) is 10.1 Å². The number of hydrogen-bond acceptors (Lipinski definition) is 5. The number of carbonyl (C=O) groups is 1. The molecule has 0 saturated heterocycles. The van der Waals surface area contributed by atoms with Gasteiger partial charge in [-0.1, -0.05) is 43.0 Å². The van der Waals surface area contributed by atoms with Crippen LogP contribution >= 0.6 is 23.1 Å². The molecule has 0 saturated carbocycles. The number of nitrogens with one attached hydrogen (secondary N) is 1. The molecule has 0 aliphatic heterocycles. The Kier molecular flexibility index (Phi) is 5.87. The van der Waals surface area contributed by atoms with E-state index in [1.54, 1.807) is 12.1 Å². The van der Waals surface area contributed by atoms with Crippen LogP contribution < -0.4 is 5.32 Å². The van der Waals surface area contributed by atoms with Gasteiger partial charge in [0.2, 0.25) is 5.91 Å². The van der Waals surface area contributed by atoms with E-state index in [2.05, 4.69) is 22.2 Å². The number of thiophene rings is 1. The SMILES string of the molecule is CCc1ccc(NC(=O)CSc2ncnc3scc(-c4ccc(F)cc4)c23)cc1. The van der Waals surface area contributed by atoms with Crippen molar-refractivity contribution >= 4 is 44.9 Å². The van der Waals surface area contributed by atoms with E-state index < -0.39 is 0 Å². The van der Waals surface area contributed by atoms with Gasteiger partial charge in [0, 0.05) is 16.6 Å². The van der Waals surface area contributed by atoms with E-state index >= 15 is 0 Å². The molecule has 1 N–H and O–H groups in total. The molecule has 2 aromatic carbocycles. The number of rotatable bonds is 6. The lowest BCUT2D eigenvalue weighted by Crippen LogP contribution is -2.14. The van der Waals surface area contributed by atoms with Crippen LogP contribution in [0, 0.1) is 5.82 Å². The molecule has 0 aliphatic rings. The molecule has 0 radical (unpaired) electrons. The summed E-state index contributed by atoms with van der Waals surface area (Å²) in [4.78, 5) is 22.0. The molecule has 2 aromatic heterocycles. The Morgan fingerprint density at radius 2 is 1.86 bits per heavy atom. The number of aryl methyl sites for hydroxylation is 1. The minimum Gasteiger partial charge on any atom is -0.325 e. The molecule has 4 aromatic rings. The van der Waals surface area contributed by atoms with Crippen LogP contribution in [-0.2, 0) is 11.2 Å². The van der Waals surface area contributed by atoms with E-state index in [0.29, 0.717) is 0 Å². The molecule has 146 valence electrons. The van der Waals surface area contributed by atoms with Crippen LogP contribution in [0.25, 0.3) is 21.3 Å². The van der Waals surface area contributed by atoms with Gasteiger partial charge in [-0.3, -0.25) is 4.79 Å². The number of hydrogen-bond donors (Lipinski definition) is 1. The largest absolute Gasteiger partial charge is 0.325 e. The minimum absolute atomic E-state index is 0.0930. The maximum atomic E-state index is 13.3. The molecule has 4 nitrogen and oxygen atoms in total. The molecule has 4 rings (SSSR count). The van der Waals surface area contributed by atoms with Gasteiger partial charge < -0.3 is 5.32 Å². The Hall–Kier alpha value is -2.77.